The molecule has 1 aromatic carbocycles. The number of carboxylic acid groups (broad SMARTS) is 2. The Hall–Kier alpha value is -2.08. The van der Waals surface area contributed by atoms with E-state index >= 15 is 0 Å². The fourth-order valence-corrected chi connectivity index (χ4v) is 2.76. The maximum absolute atomic E-state index is 11.9. The molecule has 4 N–H and O–H groups in total. The fraction of sp³-hybridized carbons (Fsp3) is 0.600. The minimum Gasteiger partial charge on any atom is -0.478 e. The average molecular weight is 430 g/mol. The van der Waals surface area contributed by atoms with Gasteiger partial charge >= 0.3 is 11.9 Å². The molecular formula is C20H30O10. The number of hydrogen-bond acceptors (Lipinski definition) is 8. The maximum atomic E-state index is 11.9. The van der Waals surface area contributed by atoms with Gasteiger partial charge in [-0.25, -0.2) is 9.59 Å². The van der Waals surface area contributed by atoms with Crippen molar-refractivity contribution in [1.82, 2.24) is 0 Å². The summed E-state index contributed by atoms with van der Waals surface area (Å²) < 4.78 is 20.9. The van der Waals surface area contributed by atoms with E-state index in [4.69, 9.17) is 29.2 Å². The molecule has 0 unspecified atom stereocenters. The van der Waals surface area contributed by atoms with Crippen molar-refractivity contribution in [2.24, 2.45) is 0 Å². The molecule has 0 saturated heterocycles. The fourth-order valence-electron chi connectivity index (χ4n) is 2.76. The van der Waals surface area contributed by atoms with E-state index in [0.29, 0.717) is 25.2 Å². The van der Waals surface area contributed by atoms with E-state index in [-0.39, 0.29) is 76.0 Å². The first-order valence-corrected chi connectivity index (χ1v) is 9.67. The van der Waals surface area contributed by atoms with Crippen LogP contribution in [0.5, 0.6) is 0 Å². The lowest BCUT2D eigenvalue weighted by Gasteiger charge is -2.15. The lowest BCUT2D eigenvalue weighted by molar-refractivity contribution is 0.0336. The zero-order chi connectivity index (χ0) is 22.2. The van der Waals surface area contributed by atoms with Gasteiger partial charge in [0.15, 0.2) is 0 Å². The monoisotopic (exact) mass is 430 g/mol. The number of rotatable bonds is 18. The number of carbonyl (C=O) groups is 2. The van der Waals surface area contributed by atoms with Gasteiger partial charge in [-0.3, -0.25) is 0 Å². The predicted octanol–water partition coefficient (Wildman–Crippen LogP) is 0.219. The van der Waals surface area contributed by atoms with Crippen LogP contribution in [-0.4, -0.2) is 98.4 Å². The Bertz CT molecular complexity index is 647. The second-order valence-corrected chi connectivity index (χ2v) is 6.13. The molecule has 0 fully saturated rings. The molecular weight excluding hydrogens is 400 g/mol. The minimum atomic E-state index is -1.21. The van der Waals surface area contributed by atoms with E-state index in [1.165, 1.54) is 12.1 Å². The number of ether oxygens (including phenoxy) is 4. The van der Waals surface area contributed by atoms with Gasteiger partial charge in [0.2, 0.25) is 0 Å². The number of benzene rings is 1. The molecule has 0 radical (unpaired) electrons. The first kappa shape index (κ1) is 26.0. The van der Waals surface area contributed by atoms with Gasteiger partial charge in [-0.1, -0.05) is 6.07 Å². The Morgan fingerprint density at radius 3 is 1.63 bits per heavy atom. The smallest absolute Gasteiger partial charge is 0.336 e. The van der Waals surface area contributed by atoms with Crippen LogP contribution >= 0.6 is 0 Å². The topological polar surface area (TPSA) is 152 Å². The molecule has 0 aliphatic rings. The number of aliphatic hydroxyl groups excluding tert-OH is 2. The van der Waals surface area contributed by atoms with Crippen molar-refractivity contribution in [3.8, 4) is 0 Å². The maximum Gasteiger partial charge on any atom is 0.336 e. The summed E-state index contributed by atoms with van der Waals surface area (Å²) in [7, 11) is 0. The van der Waals surface area contributed by atoms with Crippen LogP contribution in [0.2, 0.25) is 0 Å². The zero-order valence-corrected chi connectivity index (χ0v) is 16.9. The van der Waals surface area contributed by atoms with E-state index in [0.717, 1.165) is 0 Å². The third kappa shape index (κ3) is 9.61. The Kier molecular flexibility index (Phi) is 13.6. The highest BCUT2D eigenvalue weighted by molar-refractivity contribution is 5.97. The van der Waals surface area contributed by atoms with Crippen LogP contribution in [0.4, 0.5) is 0 Å². The van der Waals surface area contributed by atoms with Crippen LogP contribution in [0.3, 0.4) is 0 Å². The molecule has 0 spiro atoms. The van der Waals surface area contributed by atoms with Crippen molar-refractivity contribution >= 4 is 11.9 Å². The summed E-state index contributed by atoms with van der Waals surface area (Å²) in [6, 6.07) is 2.89. The van der Waals surface area contributed by atoms with Gasteiger partial charge in [-0.15, -0.1) is 0 Å². The van der Waals surface area contributed by atoms with E-state index < -0.39 is 11.9 Å². The van der Waals surface area contributed by atoms with Gasteiger partial charge in [-0.05, 0) is 30.0 Å². The Morgan fingerprint density at radius 1 is 0.667 bits per heavy atom. The van der Waals surface area contributed by atoms with E-state index in [1.807, 2.05) is 0 Å². The Morgan fingerprint density at radius 2 is 1.17 bits per heavy atom. The van der Waals surface area contributed by atoms with Gasteiger partial charge in [0.25, 0.3) is 0 Å². The lowest BCUT2D eigenvalue weighted by Crippen LogP contribution is -2.17. The largest absolute Gasteiger partial charge is 0.478 e. The molecule has 10 heteroatoms. The number of carboxylic acids is 2. The van der Waals surface area contributed by atoms with Crippen LogP contribution in [0.25, 0.3) is 0 Å². The molecule has 0 heterocycles. The summed E-state index contributed by atoms with van der Waals surface area (Å²) in [5.41, 5.74) is 0.560. The number of hydrogen-bond donors (Lipinski definition) is 4. The Labute approximate surface area is 174 Å². The third-order valence-electron chi connectivity index (χ3n) is 4.07. The molecule has 1 aromatic rings. The SMILES string of the molecule is O=C(O)c1ccc(CCOCCOCCO)c(C(=O)O)c1CCOCCOCCO. The van der Waals surface area contributed by atoms with Crippen molar-refractivity contribution < 1.29 is 49.0 Å². The summed E-state index contributed by atoms with van der Waals surface area (Å²) >= 11 is 0. The second kappa shape index (κ2) is 15.7. The van der Waals surface area contributed by atoms with Crippen LogP contribution in [0, 0.1) is 0 Å². The van der Waals surface area contributed by atoms with Crippen LogP contribution in [-0.2, 0) is 31.8 Å². The molecule has 0 aliphatic heterocycles. The number of aliphatic hydroxyl groups is 2. The van der Waals surface area contributed by atoms with Crippen molar-refractivity contribution in [3.63, 3.8) is 0 Å². The normalized spacial score (nSPS) is 11.0. The highest BCUT2D eigenvalue weighted by Crippen LogP contribution is 2.22. The van der Waals surface area contributed by atoms with E-state index in [1.54, 1.807) is 0 Å². The molecule has 0 saturated carbocycles. The van der Waals surface area contributed by atoms with Crippen LogP contribution in [0.15, 0.2) is 12.1 Å². The molecule has 0 bridgehead atoms. The molecule has 30 heavy (non-hydrogen) atoms. The lowest BCUT2D eigenvalue weighted by atomic mass is 9.92. The standard InChI is InChI=1S/C20H30O10/c21-5-9-29-13-11-27-7-3-15-1-2-17(19(23)24)16(18(15)20(25)26)4-8-28-12-14-30-10-6-22/h1-2,21-22H,3-14H2,(H,23,24)(H,25,26). The Balaban J connectivity index is 2.74. The van der Waals surface area contributed by atoms with Crippen molar-refractivity contribution in [2.75, 3.05) is 66.1 Å². The van der Waals surface area contributed by atoms with Crippen molar-refractivity contribution in [3.05, 3.63) is 34.4 Å². The highest BCUT2D eigenvalue weighted by atomic mass is 16.5. The molecule has 0 aromatic heterocycles. The summed E-state index contributed by atoms with van der Waals surface area (Å²) in [5, 5.41) is 36.4. The second-order valence-electron chi connectivity index (χ2n) is 6.13. The van der Waals surface area contributed by atoms with Gasteiger partial charge in [-0.2, -0.15) is 0 Å². The number of aromatic carboxylic acids is 2. The molecule has 0 amide bonds. The molecule has 0 aliphatic carbocycles. The third-order valence-corrected chi connectivity index (χ3v) is 4.07. The van der Waals surface area contributed by atoms with E-state index in [9.17, 15) is 19.8 Å². The molecule has 0 atom stereocenters. The van der Waals surface area contributed by atoms with Gasteiger partial charge in [0.1, 0.15) is 0 Å². The van der Waals surface area contributed by atoms with Crippen molar-refractivity contribution in [2.45, 2.75) is 12.8 Å². The average Bonchev–Trinajstić information content (AvgIpc) is 2.71. The quantitative estimate of drug-likeness (QED) is 0.238. The first-order valence-electron chi connectivity index (χ1n) is 9.67. The molecule has 10 nitrogen and oxygen atoms in total. The zero-order valence-electron chi connectivity index (χ0n) is 16.9. The predicted molar refractivity (Wildman–Crippen MR) is 105 cm³/mol. The molecule has 170 valence electrons. The van der Waals surface area contributed by atoms with Crippen LogP contribution in [0.1, 0.15) is 31.8 Å². The van der Waals surface area contributed by atoms with Gasteiger partial charge < -0.3 is 39.4 Å². The first-order chi connectivity index (χ1) is 14.5. The van der Waals surface area contributed by atoms with Gasteiger partial charge in [0, 0.05) is 0 Å². The summed E-state index contributed by atoms with van der Waals surface area (Å²) in [4.78, 5) is 23.4. The minimum absolute atomic E-state index is 0.0461. The van der Waals surface area contributed by atoms with Crippen LogP contribution < -0.4 is 0 Å². The summed E-state index contributed by atoms with van der Waals surface area (Å²) in [5.74, 6) is -2.41. The van der Waals surface area contributed by atoms with Crippen molar-refractivity contribution in [1.29, 1.82) is 0 Å². The van der Waals surface area contributed by atoms with Gasteiger partial charge in [0.05, 0.1) is 77.2 Å². The summed E-state index contributed by atoms with van der Waals surface area (Å²) in [6.45, 7) is 1.78. The van der Waals surface area contributed by atoms with E-state index in [2.05, 4.69) is 0 Å². The highest BCUT2D eigenvalue weighted by Gasteiger charge is 2.22. The summed E-state index contributed by atoms with van der Waals surface area (Å²) in [6.07, 6.45) is 0.414. The molecule has 1 rings (SSSR count).